The molecule has 0 rings (SSSR count). The summed E-state index contributed by atoms with van der Waals surface area (Å²) in [5.74, 6) is -3.50. The molecule has 0 aliphatic carbocycles. The zero-order valence-electron chi connectivity index (χ0n) is 14.4. The van der Waals surface area contributed by atoms with E-state index < -0.39 is 33.7 Å². The van der Waals surface area contributed by atoms with Crippen LogP contribution in [0.25, 0.3) is 0 Å². The minimum atomic E-state index is -4.84. The monoisotopic (exact) mass is 386 g/mol. The van der Waals surface area contributed by atoms with Gasteiger partial charge in [0.15, 0.2) is 5.25 Å². The summed E-state index contributed by atoms with van der Waals surface area (Å²) in [6, 6.07) is 0. The van der Waals surface area contributed by atoms with Crippen molar-refractivity contribution in [1.82, 2.24) is 0 Å². The van der Waals surface area contributed by atoms with E-state index in [1.165, 1.54) is 66.5 Å². The molecule has 0 saturated carbocycles. The van der Waals surface area contributed by atoms with Crippen LogP contribution >= 0.6 is 0 Å². The van der Waals surface area contributed by atoms with Crippen molar-refractivity contribution >= 4 is 79.5 Å². The molecule has 0 aliphatic heterocycles. The normalized spacial score (nSPS) is 12.4. The van der Waals surface area contributed by atoms with Gasteiger partial charge in [-0.1, -0.05) is 0 Å². The Balaban J connectivity index is -0.000000354. The van der Waals surface area contributed by atoms with Crippen LogP contribution in [0.4, 0.5) is 0 Å². The molecule has 0 aromatic rings. The molecule has 0 aliphatic rings. The molecule has 3 N–H and O–H groups in total. The quantitative estimate of drug-likeness (QED) is 0.297. The van der Waals surface area contributed by atoms with Gasteiger partial charge in [-0.2, -0.15) is 8.42 Å². The molecule has 0 heterocycles. The molecule has 1 atom stereocenters. The van der Waals surface area contributed by atoms with Crippen LogP contribution in [0.2, 0.25) is 2.66 Å². The van der Waals surface area contributed by atoms with E-state index in [4.69, 9.17) is 14.8 Å². The number of unbranched alkanes of at least 4 members (excludes halogenated alkanes) is 2. The molecule has 0 aromatic carbocycles. The molecule has 24 heavy (non-hydrogen) atoms. The van der Waals surface area contributed by atoms with Crippen molar-refractivity contribution in [2.45, 2.75) is 73.6 Å². The van der Waals surface area contributed by atoms with Crippen LogP contribution < -0.4 is 0 Å². The van der Waals surface area contributed by atoms with Gasteiger partial charge in [0.1, 0.15) is 0 Å². The molecule has 10 heteroatoms. The molecule has 1 unspecified atom stereocenters. The summed E-state index contributed by atoms with van der Waals surface area (Å²) in [5, 5.41) is 13.9. The number of carboxylic acids is 2. The Bertz CT molecular complexity index is 462. The fourth-order valence-corrected chi connectivity index (χ4v) is 2.85. The summed E-state index contributed by atoms with van der Waals surface area (Å²) in [7, 11) is -4.84. The average Bonchev–Trinajstić information content (AvgIpc) is 2.44. The standard InChI is InChI=1S/C10H21.C4H6O7S.2Na.H/c1-4-7-8-9-10(5-2)6-3;5-3(6)1-2(4(7)8)12(9,10)11;;;/h4-9H2,1-3H3;2H,1H2,(H,5,6)(H,7,8)(H,9,10,11);;;. The Morgan fingerprint density at radius 2 is 1.54 bits per heavy atom. The summed E-state index contributed by atoms with van der Waals surface area (Å²) < 4.78 is 29.4. The van der Waals surface area contributed by atoms with E-state index in [9.17, 15) is 18.0 Å². The van der Waals surface area contributed by atoms with Crippen molar-refractivity contribution in [2.75, 3.05) is 0 Å². The molecule has 0 bridgehead atoms. The minimum absolute atomic E-state index is 0. The van der Waals surface area contributed by atoms with E-state index in [0.29, 0.717) is 0 Å². The second kappa shape index (κ2) is 15.0. The number of aliphatic carboxylic acids is 2. The fraction of sp³-hybridized carbons (Fsp3) is 0.857. The number of carboxylic acid groups (broad SMARTS) is 2. The van der Waals surface area contributed by atoms with E-state index >= 15 is 0 Å². The van der Waals surface area contributed by atoms with E-state index in [1.54, 1.807) is 0 Å². The van der Waals surface area contributed by atoms with E-state index in [1.807, 2.05) is 0 Å². The Kier molecular flexibility index (Phi) is 18.5. The first-order valence-electron chi connectivity index (χ1n) is 7.84. The second-order valence-corrected chi connectivity index (χ2v) is 9.63. The maximum atomic E-state index is 10.2. The van der Waals surface area contributed by atoms with Gasteiger partial charge in [0, 0.05) is 0 Å². The Morgan fingerprint density at radius 1 is 1.08 bits per heavy atom. The van der Waals surface area contributed by atoms with Crippen LogP contribution in [0.5, 0.6) is 0 Å². The Hall–Kier alpha value is 0.850. The number of hydrogen-bond acceptors (Lipinski definition) is 4. The summed E-state index contributed by atoms with van der Waals surface area (Å²) in [6.45, 7) is 6.98. The summed E-state index contributed by atoms with van der Waals surface area (Å²) >= 11 is 1.39. The topological polar surface area (TPSA) is 129 Å². The number of carbonyl (C=O) groups is 2. The maximum absolute atomic E-state index is 10.2. The van der Waals surface area contributed by atoms with Crippen molar-refractivity contribution < 1.29 is 32.8 Å². The number of rotatable bonds is 10. The first kappa shape index (κ1) is 29.6. The summed E-state index contributed by atoms with van der Waals surface area (Å²) in [4.78, 5) is 20.0. The van der Waals surface area contributed by atoms with Crippen LogP contribution in [0, 0.1) is 0 Å². The van der Waals surface area contributed by atoms with Crippen LogP contribution in [-0.4, -0.2) is 97.9 Å². The average molecular weight is 386 g/mol. The zero-order valence-corrected chi connectivity index (χ0v) is 17.2. The predicted molar refractivity (Wildman–Crippen MR) is 95.5 cm³/mol. The second-order valence-electron chi connectivity index (χ2n) is 5.91. The molecule has 0 amide bonds. The van der Waals surface area contributed by atoms with Crippen molar-refractivity contribution in [1.29, 1.82) is 0 Å². The van der Waals surface area contributed by atoms with Crippen LogP contribution in [-0.2, 0) is 19.7 Å². The van der Waals surface area contributed by atoms with Crippen molar-refractivity contribution in [3.05, 3.63) is 0 Å². The molecule has 0 fully saturated rings. The van der Waals surface area contributed by atoms with Gasteiger partial charge in [0.2, 0.25) is 0 Å². The Labute approximate surface area is 184 Å². The van der Waals surface area contributed by atoms with Crippen LogP contribution in [0.15, 0.2) is 0 Å². The molecular formula is C14H28Na2O7S. The third-order valence-corrected chi connectivity index (χ3v) is 7.09. The van der Waals surface area contributed by atoms with Gasteiger partial charge >= 0.3 is 131 Å². The zero-order chi connectivity index (χ0) is 18.7. The van der Waals surface area contributed by atoms with E-state index in [-0.39, 0.29) is 29.6 Å². The fourth-order valence-electron chi connectivity index (χ4n) is 1.88. The van der Waals surface area contributed by atoms with Crippen molar-refractivity contribution in [2.24, 2.45) is 0 Å². The van der Waals surface area contributed by atoms with Crippen LogP contribution in [0.3, 0.4) is 0 Å². The summed E-state index contributed by atoms with van der Waals surface area (Å²) in [5.41, 5.74) is 0. The molecular weight excluding hydrogens is 358 g/mol. The van der Waals surface area contributed by atoms with Gasteiger partial charge in [-0.25, -0.2) is 0 Å². The van der Waals surface area contributed by atoms with Crippen LogP contribution in [0.1, 0.15) is 65.7 Å². The third-order valence-electron chi connectivity index (χ3n) is 4.09. The Morgan fingerprint density at radius 3 is 1.75 bits per heavy atom. The molecule has 0 aromatic heterocycles. The third kappa shape index (κ3) is 15.1. The SMILES string of the molecule is CCCCC[C]([Na])(CC)CC.O=C(O)CC(C(=O)O)S(=O)(=O)O.[NaH]. The first-order valence-corrected chi connectivity index (χ1v) is 10.3. The van der Waals surface area contributed by atoms with Gasteiger partial charge in [-0.3, -0.25) is 14.1 Å². The summed E-state index contributed by atoms with van der Waals surface area (Å²) in [6.07, 6.45) is 7.39. The van der Waals surface area contributed by atoms with Gasteiger partial charge in [0.05, 0.1) is 6.42 Å². The van der Waals surface area contributed by atoms with E-state index in [0.717, 1.165) is 2.66 Å². The predicted octanol–water partition coefficient (Wildman–Crippen LogP) is 1.87. The molecule has 7 nitrogen and oxygen atoms in total. The number of hydrogen-bond donors (Lipinski definition) is 3. The molecule has 0 spiro atoms. The van der Waals surface area contributed by atoms with E-state index in [2.05, 4.69) is 20.8 Å². The van der Waals surface area contributed by atoms with Gasteiger partial charge in [-0.05, 0) is 0 Å². The van der Waals surface area contributed by atoms with Crippen molar-refractivity contribution in [3.63, 3.8) is 0 Å². The van der Waals surface area contributed by atoms with Gasteiger partial charge in [0.25, 0.3) is 10.1 Å². The molecule has 134 valence electrons. The molecule has 0 radical (unpaired) electrons. The van der Waals surface area contributed by atoms with Crippen molar-refractivity contribution in [3.8, 4) is 0 Å². The molecule has 0 saturated heterocycles. The van der Waals surface area contributed by atoms with Gasteiger partial charge in [-0.15, -0.1) is 0 Å². The van der Waals surface area contributed by atoms with Gasteiger partial charge < -0.3 is 10.2 Å². The first-order chi connectivity index (χ1) is 10.4.